The molecule has 1 atom stereocenters. The zero-order chi connectivity index (χ0) is 12.8. The average Bonchev–Trinajstić information content (AvgIpc) is 2.43. The minimum atomic E-state index is 0.172. The Morgan fingerprint density at radius 2 is 1.94 bits per heavy atom. The normalized spacial score (nSPS) is 15.4. The Bertz CT molecular complexity index is 376. The lowest BCUT2D eigenvalue weighted by atomic mass is 10.0. The number of unbranched alkanes of at least 4 members (excludes halogenated alkanes) is 1. The van der Waals surface area contributed by atoms with Gasteiger partial charge in [0, 0.05) is 6.61 Å². The van der Waals surface area contributed by atoms with Gasteiger partial charge in [0.1, 0.15) is 13.2 Å². The summed E-state index contributed by atoms with van der Waals surface area (Å²) in [5, 5.41) is 0. The fraction of sp³-hybridized carbons (Fsp3) is 0.600. The summed E-state index contributed by atoms with van der Waals surface area (Å²) >= 11 is 0. The van der Waals surface area contributed by atoms with E-state index in [1.165, 1.54) is 18.4 Å². The maximum Gasteiger partial charge on any atom is 0.161 e. The van der Waals surface area contributed by atoms with E-state index in [9.17, 15) is 0 Å². The summed E-state index contributed by atoms with van der Waals surface area (Å²) in [5.74, 6) is 1.69. The predicted octanol–water partition coefficient (Wildman–Crippen LogP) is 3.73. The highest BCUT2D eigenvalue weighted by atomic mass is 16.6. The molecule has 0 saturated heterocycles. The summed E-state index contributed by atoms with van der Waals surface area (Å²) in [6.45, 7) is 6.24. The van der Waals surface area contributed by atoms with E-state index in [4.69, 9.17) is 14.2 Å². The molecular formula is C15H22O3. The van der Waals surface area contributed by atoms with Crippen LogP contribution in [-0.4, -0.2) is 19.8 Å². The molecule has 0 aliphatic carbocycles. The van der Waals surface area contributed by atoms with Crippen molar-refractivity contribution >= 4 is 0 Å². The summed E-state index contributed by atoms with van der Waals surface area (Å²) < 4.78 is 17.0. The number of hydrogen-bond donors (Lipinski definition) is 0. The number of rotatable bonds is 6. The molecule has 0 aromatic heterocycles. The van der Waals surface area contributed by atoms with Crippen LogP contribution in [0.5, 0.6) is 11.5 Å². The standard InChI is InChI=1S/C15H22O3/c1-3-5-6-13(16-4-2)12-7-8-14-15(11-12)18-10-9-17-14/h7-8,11,13H,3-6,9-10H2,1-2H3. The van der Waals surface area contributed by atoms with E-state index in [2.05, 4.69) is 19.1 Å². The predicted molar refractivity (Wildman–Crippen MR) is 71.3 cm³/mol. The maximum atomic E-state index is 5.82. The highest BCUT2D eigenvalue weighted by Gasteiger charge is 2.16. The van der Waals surface area contributed by atoms with E-state index in [0.717, 1.165) is 24.5 Å². The summed E-state index contributed by atoms with van der Waals surface area (Å²) in [4.78, 5) is 0. The Balaban J connectivity index is 2.13. The molecule has 1 aromatic carbocycles. The van der Waals surface area contributed by atoms with Crippen LogP contribution in [0.1, 0.15) is 44.8 Å². The topological polar surface area (TPSA) is 27.7 Å². The minimum absolute atomic E-state index is 0.172. The first kappa shape index (κ1) is 13.2. The van der Waals surface area contributed by atoms with Crippen molar-refractivity contribution < 1.29 is 14.2 Å². The van der Waals surface area contributed by atoms with Crippen molar-refractivity contribution in [2.24, 2.45) is 0 Å². The third-order valence-corrected chi connectivity index (χ3v) is 3.13. The van der Waals surface area contributed by atoms with Crippen molar-refractivity contribution in [1.29, 1.82) is 0 Å². The van der Waals surface area contributed by atoms with Crippen LogP contribution in [0.15, 0.2) is 18.2 Å². The lowest BCUT2D eigenvalue weighted by Crippen LogP contribution is -2.16. The Labute approximate surface area is 109 Å². The molecule has 0 saturated carbocycles. The second-order valence-electron chi connectivity index (χ2n) is 4.49. The monoisotopic (exact) mass is 250 g/mol. The van der Waals surface area contributed by atoms with E-state index in [0.29, 0.717) is 13.2 Å². The molecule has 18 heavy (non-hydrogen) atoms. The second-order valence-corrected chi connectivity index (χ2v) is 4.49. The van der Waals surface area contributed by atoms with Crippen LogP contribution in [-0.2, 0) is 4.74 Å². The molecule has 0 spiro atoms. The van der Waals surface area contributed by atoms with Gasteiger partial charge in [0.15, 0.2) is 11.5 Å². The molecule has 0 bridgehead atoms. The summed E-state index contributed by atoms with van der Waals surface area (Å²) in [6.07, 6.45) is 3.60. The van der Waals surface area contributed by atoms with E-state index in [1.54, 1.807) is 0 Å². The maximum absolute atomic E-state index is 5.82. The lowest BCUT2D eigenvalue weighted by molar-refractivity contribution is 0.0541. The molecule has 100 valence electrons. The van der Waals surface area contributed by atoms with Crippen LogP contribution in [0.25, 0.3) is 0 Å². The van der Waals surface area contributed by atoms with Crippen molar-refractivity contribution in [2.45, 2.75) is 39.2 Å². The van der Waals surface area contributed by atoms with Gasteiger partial charge in [0.05, 0.1) is 6.10 Å². The van der Waals surface area contributed by atoms with E-state index < -0.39 is 0 Å². The molecule has 3 nitrogen and oxygen atoms in total. The fourth-order valence-electron chi connectivity index (χ4n) is 2.20. The van der Waals surface area contributed by atoms with Gasteiger partial charge in [-0.05, 0) is 31.0 Å². The van der Waals surface area contributed by atoms with Gasteiger partial charge in [0.2, 0.25) is 0 Å². The molecule has 1 aliphatic heterocycles. The summed E-state index contributed by atoms with van der Waals surface area (Å²) in [6, 6.07) is 6.13. The first-order valence-corrected chi connectivity index (χ1v) is 6.86. The number of hydrogen-bond acceptors (Lipinski definition) is 3. The van der Waals surface area contributed by atoms with E-state index in [-0.39, 0.29) is 6.10 Å². The lowest BCUT2D eigenvalue weighted by Gasteiger charge is -2.22. The van der Waals surface area contributed by atoms with Gasteiger partial charge >= 0.3 is 0 Å². The van der Waals surface area contributed by atoms with Gasteiger partial charge in [-0.3, -0.25) is 0 Å². The van der Waals surface area contributed by atoms with Crippen molar-refractivity contribution in [1.82, 2.24) is 0 Å². The summed E-state index contributed by atoms with van der Waals surface area (Å²) in [5.41, 5.74) is 1.19. The molecule has 0 fully saturated rings. The Hall–Kier alpha value is -1.22. The highest BCUT2D eigenvalue weighted by Crippen LogP contribution is 2.34. The largest absolute Gasteiger partial charge is 0.486 e. The van der Waals surface area contributed by atoms with Crippen molar-refractivity contribution in [3.63, 3.8) is 0 Å². The Kier molecular flexibility index (Phi) is 4.88. The van der Waals surface area contributed by atoms with E-state index >= 15 is 0 Å². The quantitative estimate of drug-likeness (QED) is 0.770. The smallest absolute Gasteiger partial charge is 0.161 e. The van der Waals surface area contributed by atoms with Gasteiger partial charge in [-0.2, -0.15) is 0 Å². The second kappa shape index (κ2) is 6.64. The fourth-order valence-corrected chi connectivity index (χ4v) is 2.20. The molecule has 2 rings (SSSR count). The van der Waals surface area contributed by atoms with Crippen LogP contribution in [0.2, 0.25) is 0 Å². The van der Waals surface area contributed by atoms with Gasteiger partial charge < -0.3 is 14.2 Å². The van der Waals surface area contributed by atoms with Crippen LogP contribution in [0.3, 0.4) is 0 Å². The average molecular weight is 250 g/mol. The molecule has 3 heteroatoms. The van der Waals surface area contributed by atoms with Gasteiger partial charge in [-0.15, -0.1) is 0 Å². The molecule has 0 amide bonds. The SMILES string of the molecule is CCCCC(OCC)c1ccc2c(c1)OCCO2. The van der Waals surface area contributed by atoms with Gasteiger partial charge in [-0.25, -0.2) is 0 Å². The first-order chi connectivity index (χ1) is 8.85. The zero-order valence-corrected chi connectivity index (χ0v) is 11.3. The molecule has 0 radical (unpaired) electrons. The molecule has 1 heterocycles. The molecule has 1 aromatic rings. The van der Waals surface area contributed by atoms with Crippen LogP contribution >= 0.6 is 0 Å². The number of benzene rings is 1. The molecule has 1 unspecified atom stereocenters. The highest BCUT2D eigenvalue weighted by molar-refractivity contribution is 5.44. The minimum Gasteiger partial charge on any atom is -0.486 e. The third kappa shape index (κ3) is 3.16. The van der Waals surface area contributed by atoms with Crippen LogP contribution in [0.4, 0.5) is 0 Å². The van der Waals surface area contributed by atoms with Gasteiger partial charge in [0.25, 0.3) is 0 Å². The third-order valence-electron chi connectivity index (χ3n) is 3.13. The number of fused-ring (bicyclic) bond motifs is 1. The van der Waals surface area contributed by atoms with Gasteiger partial charge in [-0.1, -0.05) is 25.8 Å². The Morgan fingerprint density at radius 3 is 2.67 bits per heavy atom. The van der Waals surface area contributed by atoms with Crippen molar-refractivity contribution in [3.8, 4) is 11.5 Å². The van der Waals surface area contributed by atoms with Crippen LogP contribution in [0, 0.1) is 0 Å². The number of ether oxygens (including phenoxy) is 3. The molecular weight excluding hydrogens is 228 g/mol. The first-order valence-electron chi connectivity index (χ1n) is 6.86. The van der Waals surface area contributed by atoms with Crippen LogP contribution < -0.4 is 9.47 Å². The van der Waals surface area contributed by atoms with E-state index in [1.807, 2.05) is 13.0 Å². The van der Waals surface area contributed by atoms with Crippen molar-refractivity contribution in [2.75, 3.05) is 19.8 Å². The molecule has 0 N–H and O–H groups in total. The summed E-state index contributed by atoms with van der Waals surface area (Å²) in [7, 11) is 0. The van der Waals surface area contributed by atoms with Crippen molar-refractivity contribution in [3.05, 3.63) is 23.8 Å². The molecule has 1 aliphatic rings. The Morgan fingerprint density at radius 1 is 1.17 bits per heavy atom. The zero-order valence-electron chi connectivity index (χ0n) is 11.3.